The van der Waals surface area contributed by atoms with Crippen LogP contribution in [0.25, 0.3) is 5.76 Å². The Labute approximate surface area is 127 Å². The normalized spacial score (nSPS) is 17.6. The summed E-state index contributed by atoms with van der Waals surface area (Å²) in [6, 6.07) is 10.2. The van der Waals surface area contributed by atoms with Gasteiger partial charge < -0.3 is 9.30 Å². The van der Waals surface area contributed by atoms with Crippen molar-refractivity contribution in [3.8, 4) is 0 Å². The molecule has 1 aromatic heterocycles. The Balaban J connectivity index is 1.84. The van der Waals surface area contributed by atoms with E-state index >= 15 is 0 Å². The summed E-state index contributed by atoms with van der Waals surface area (Å²) in [4.78, 5) is 4.93. The van der Waals surface area contributed by atoms with Crippen LogP contribution >= 0.6 is 15.9 Å². The van der Waals surface area contributed by atoms with Crippen molar-refractivity contribution in [2.75, 3.05) is 0 Å². The van der Waals surface area contributed by atoms with Gasteiger partial charge in [0.25, 0.3) is 0 Å². The summed E-state index contributed by atoms with van der Waals surface area (Å²) < 4.78 is 8.13. The van der Waals surface area contributed by atoms with E-state index < -0.39 is 0 Å². The predicted molar refractivity (Wildman–Crippen MR) is 83.6 cm³/mol. The number of alkyl halides is 1. The van der Waals surface area contributed by atoms with Gasteiger partial charge >= 0.3 is 0 Å². The van der Waals surface area contributed by atoms with E-state index in [1.54, 1.807) is 0 Å². The van der Waals surface area contributed by atoms with E-state index in [1.165, 1.54) is 11.3 Å². The fourth-order valence-electron chi connectivity index (χ4n) is 2.43. The van der Waals surface area contributed by atoms with Gasteiger partial charge in [0.2, 0.25) is 0 Å². The van der Waals surface area contributed by atoms with Crippen molar-refractivity contribution < 1.29 is 4.74 Å². The Morgan fingerprint density at radius 1 is 1.35 bits per heavy atom. The molecule has 1 aliphatic rings. The van der Waals surface area contributed by atoms with Gasteiger partial charge in [-0.3, -0.25) is 0 Å². The van der Waals surface area contributed by atoms with Gasteiger partial charge in [0.1, 0.15) is 23.9 Å². The van der Waals surface area contributed by atoms with Crippen molar-refractivity contribution in [3.05, 3.63) is 59.2 Å². The third-order valence-corrected chi connectivity index (χ3v) is 4.22. The fourth-order valence-corrected chi connectivity index (χ4v) is 2.97. The second kappa shape index (κ2) is 5.44. The van der Waals surface area contributed by atoms with Crippen LogP contribution in [0.5, 0.6) is 0 Å². The van der Waals surface area contributed by atoms with Gasteiger partial charge in [-0.25, -0.2) is 4.98 Å². The number of imidazole rings is 1. The van der Waals surface area contributed by atoms with Crippen LogP contribution in [0.4, 0.5) is 0 Å². The molecule has 0 aliphatic heterocycles. The molecule has 1 heterocycles. The lowest BCUT2D eigenvalue weighted by atomic mass is 10.1. The zero-order valence-electron chi connectivity index (χ0n) is 11.6. The van der Waals surface area contributed by atoms with Gasteiger partial charge in [-0.05, 0) is 18.6 Å². The average molecular weight is 333 g/mol. The summed E-state index contributed by atoms with van der Waals surface area (Å²) in [6.07, 6.45) is 3.06. The molecule has 0 saturated heterocycles. The van der Waals surface area contributed by atoms with Crippen LogP contribution in [0.15, 0.2) is 36.4 Å². The van der Waals surface area contributed by atoms with Crippen LogP contribution in [0, 0.1) is 6.92 Å². The SMILES string of the molecule is Cc1nc2c(n1C)CC(Br)C=C2OCc1ccccc1. The third-order valence-electron chi connectivity index (χ3n) is 3.63. The van der Waals surface area contributed by atoms with Crippen LogP contribution < -0.4 is 0 Å². The van der Waals surface area contributed by atoms with E-state index in [0.29, 0.717) is 11.4 Å². The Morgan fingerprint density at radius 3 is 2.85 bits per heavy atom. The van der Waals surface area contributed by atoms with Crippen LogP contribution in [-0.4, -0.2) is 14.4 Å². The van der Waals surface area contributed by atoms with Crippen LogP contribution in [0.2, 0.25) is 0 Å². The highest BCUT2D eigenvalue weighted by molar-refractivity contribution is 9.09. The number of hydrogen-bond acceptors (Lipinski definition) is 2. The maximum absolute atomic E-state index is 5.99. The third kappa shape index (κ3) is 2.52. The average Bonchev–Trinajstić information content (AvgIpc) is 2.74. The maximum Gasteiger partial charge on any atom is 0.144 e. The van der Waals surface area contributed by atoms with Crippen molar-refractivity contribution in [2.24, 2.45) is 7.05 Å². The largest absolute Gasteiger partial charge is 0.487 e. The Hall–Kier alpha value is -1.55. The number of halogens is 1. The number of ether oxygens (including phenoxy) is 1. The Bertz CT molecular complexity index is 646. The molecule has 0 bridgehead atoms. The fraction of sp³-hybridized carbons (Fsp3) is 0.312. The van der Waals surface area contributed by atoms with E-state index in [1.807, 2.05) is 25.1 Å². The standard InChI is InChI=1S/C16H17BrN2O/c1-11-18-16-14(19(11)2)8-13(17)9-15(16)20-10-12-6-4-3-5-7-12/h3-7,9,13H,8,10H2,1-2H3. The zero-order valence-corrected chi connectivity index (χ0v) is 13.2. The number of rotatable bonds is 3. The summed E-state index contributed by atoms with van der Waals surface area (Å²) in [5.74, 6) is 1.89. The lowest BCUT2D eigenvalue weighted by molar-refractivity contribution is 0.261. The summed E-state index contributed by atoms with van der Waals surface area (Å²) in [6.45, 7) is 2.60. The van der Waals surface area contributed by atoms with Gasteiger partial charge in [0, 0.05) is 24.0 Å². The maximum atomic E-state index is 5.99. The zero-order chi connectivity index (χ0) is 14.1. The van der Waals surface area contributed by atoms with E-state index in [9.17, 15) is 0 Å². The number of aryl methyl sites for hydroxylation is 1. The first-order valence-corrected chi connectivity index (χ1v) is 7.62. The van der Waals surface area contributed by atoms with Gasteiger partial charge in [-0.15, -0.1) is 0 Å². The number of aromatic nitrogens is 2. The molecular weight excluding hydrogens is 316 g/mol. The van der Waals surface area contributed by atoms with Crippen LogP contribution in [0.3, 0.4) is 0 Å². The highest BCUT2D eigenvalue weighted by Gasteiger charge is 2.24. The van der Waals surface area contributed by atoms with Gasteiger partial charge in [0.05, 0.1) is 0 Å². The number of fused-ring (bicyclic) bond motifs is 1. The first-order valence-electron chi connectivity index (χ1n) is 6.70. The molecule has 3 rings (SSSR count). The second-order valence-corrected chi connectivity index (χ2v) is 6.21. The van der Waals surface area contributed by atoms with Gasteiger partial charge in [-0.2, -0.15) is 0 Å². The van der Waals surface area contributed by atoms with Gasteiger partial charge in [0.15, 0.2) is 0 Å². The Morgan fingerprint density at radius 2 is 2.10 bits per heavy atom. The van der Waals surface area contributed by atoms with Crippen molar-refractivity contribution >= 4 is 21.7 Å². The van der Waals surface area contributed by atoms with Crippen LogP contribution in [-0.2, 0) is 24.8 Å². The topological polar surface area (TPSA) is 27.1 Å². The highest BCUT2D eigenvalue weighted by Crippen LogP contribution is 2.30. The minimum absolute atomic E-state index is 0.301. The molecule has 1 aliphatic carbocycles. The van der Waals surface area contributed by atoms with Crippen molar-refractivity contribution in [1.82, 2.24) is 9.55 Å². The number of allylic oxidation sites excluding steroid dienone is 1. The van der Waals surface area contributed by atoms with E-state index in [4.69, 9.17) is 4.74 Å². The molecule has 3 nitrogen and oxygen atoms in total. The molecule has 0 saturated carbocycles. The first-order chi connectivity index (χ1) is 9.65. The lowest BCUT2D eigenvalue weighted by Gasteiger charge is -2.18. The van der Waals surface area contributed by atoms with E-state index in [2.05, 4.69) is 50.7 Å². The molecule has 4 heteroatoms. The molecule has 2 aromatic rings. The summed E-state index contributed by atoms with van der Waals surface area (Å²) in [5, 5.41) is 0. The second-order valence-electron chi connectivity index (χ2n) is 5.04. The molecule has 20 heavy (non-hydrogen) atoms. The molecular formula is C16H17BrN2O. The lowest BCUT2D eigenvalue weighted by Crippen LogP contribution is -2.13. The van der Waals surface area contributed by atoms with Crippen molar-refractivity contribution in [1.29, 1.82) is 0 Å². The van der Waals surface area contributed by atoms with Crippen molar-refractivity contribution in [3.63, 3.8) is 0 Å². The van der Waals surface area contributed by atoms with E-state index in [0.717, 1.165) is 23.7 Å². The number of nitrogens with zero attached hydrogens (tertiary/aromatic N) is 2. The molecule has 1 aromatic carbocycles. The quantitative estimate of drug-likeness (QED) is 0.803. The highest BCUT2D eigenvalue weighted by atomic mass is 79.9. The summed E-state index contributed by atoms with van der Waals surface area (Å²) in [5.41, 5.74) is 3.38. The molecule has 0 amide bonds. The number of benzene rings is 1. The molecule has 0 radical (unpaired) electrons. The van der Waals surface area contributed by atoms with Crippen LogP contribution in [0.1, 0.15) is 22.8 Å². The molecule has 0 N–H and O–H groups in total. The molecule has 1 atom stereocenters. The minimum Gasteiger partial charge on any atom is -0.487 e. The minimum atomic E-state index is 0.301. The summed E-state index contributed by atoms with van der Waals surface area (Å²) >= 11 is 3.67. The monoisotopic (exact) mass is 332 g/mol. The first kappa shape index (κ1) is 13.4. The number of hydrogen-bond donors (Lipinski definition) is 0. The summed E-state index contributed by atoms with van der Waals surface area (Å²) in [7, 11) is 2.06. The molecule has 0 spiro atoms. The van der Waals surface area contributed by atoms with Crippen molar-refractivity contribution in [2.45, 2.75) is 24.8 Å². The Kier molecular flexibility index (Phi) is 3.66. The predicted octanol–water partition coefficient (Wildman–Crippen LogP) is 3.61. The molecule has 0 fully saturated rings. The van der Waals surface area contributed by atoms with E-state index in [-0.39, 0.29) is 0 Å². The molecule has 1 unspecified atom stereocenters. The smallest absolute Gasteiger partial charge is 0.144 e. The van der Waals surface area contributed by atoms with Gasteiger partial charge in [-0.1, -0.05) is 46.3 Å². The molecule has 104 valence electrons.